The fourth-order valence-electron chi connectivity index (χ4n) is 2.04. The van der Waals surface area contributed by atoms with E-state index >= 15 is 0 Å². The molecule has 2 rings (SSSR count). The lowest BCUT2D eigenvalue weighted by molar-refractivity contribution is -0.671. The Morgan fingerprint density at radius 1 is 0.952 bits per heavy atom. The lowest BCUT2D eigenvalue weighted by Gasteiger charge is -2.19. The standard InChI is InChI=1S/C18H24NS.HI/c1-18(2,3)16-5-7-17(8-6-16)20-14-11-15-9-12-19(4)13-10-15;/h5-10,12-13H,11,14H2,1-4H3;1H/q+1;/p-1. The molecule has 3 heteroatoms. The van der Waals surface area contributed by atoms with Crippen molar-refractivity contribution >= 4 is 11.8 Å². The maximum absolute atomic E-state index is 2.25. The number of aryl methyl sites for hydroxylation is 2. The van der Waals surface area contributed by atoms with Gasteiger partial charge in [-0.05, 0) is 35.1 Å². The minimum absolute atomic E-state index is 0. The zero-order valence-electron chi connectivity index (χ0n) is 13.3. The topological polar surface area (TPSA) is 3.88 Å². The number of rotatable bonds is 4. The fourth-order valence-corrected chi connectivity index (χ4v) is 2.94. The summed E-state index contributed by atoms with van der Waals surface area (Å²) in [6.07, 6.45) is 5.34. The number of nitrogens with zero attached hydrogens (tertiary/aromatic N) is 1. The molecule has 0 bridgehead atoms. The van der Waals surface area contributed by atoms with Crippen molar-refractivity contribution in [3.05, 3.63) is 59.9 Å². The molecule has 0 aliphatic carbocycles. The molecule has 0 unspecified atom stereocenters. The molecule has 0 saturated heterocycles. The lowest BCUT2D eigenvalue weighted by Crippen LogP contribution is -3.00. The SMILES string of the molecule is C[n+]1ccc(CCSc2ccc(C(C)(C)C)cc2)cc1.[I-]. The Morgan fingerprint density at radius 2 is 1.52 bits per heavy atom. The van der Waals surface area contributed by atoms with Crippen LogP contribution in [0, 0.1) is 0 Å². The van der Waals surface area contributed by atoms with E-state index in [2.05, 4.69) is 81.2 Å². The smallest absolute Gasteiger partial charge is 0.168 e. The van der Waals surface area contributed by atoms with Gasteiger partial charge in [0.05, 0.1) is 0 Å². The van der Waals surface area contributed by atoms with Crippen LogP contribution in [0.5, 0.6) is 0 Å². The number of hydrogen-bond acceptors (Lipinski definition) is 1. The second-order valence-corrected chi connectivity index (χ2v) is 7.41. The number of benzene rings is 1. The Hall–Kier alpha value is -0.550. The summed E-state index contributed by atoms with van der Waals surface area (Å²) in [4.78, 5) is 1.36. The van der Waals surface area contributed by atoms with Gasteiger partial charge in [-0.15, -0.1) is 11.8 Å². The van der Waals surface area contributed by atoms with E-state index in [1.165, 1.54) is 16.0 Å². The van der Waals surface area contributed by atoms with Gasteiger partial charge in [-0.25, -0.2) is 4.57 Å². The van der Waals surface area contributed by atoms with Gasteiger partial charge in [-0.3, -0.25) is 0 Å². The largest absolute Gasteiger partial charge is 1.00 e. The van der Waals surface area contributed by atoms with Crippen LogP contribution >= 0.6 is 11.8 Å². The van der Waals surface area contributed by atoms with Crippen LogP contribution in [0.2, 0.25) is 0 Å². The Balaban J connectivity index is 0.00000220. The molecule has 0 radical (unpaired) electrons. The molecule has 0 fully saturated rings. The second kappa shape index (κ2) is 8.18. The average Bonchev–Trinajstić information content (AvgIpc) is 2.41. The summed E-state index contributed by atoms with van der Waals surface area (Å²) >= 11 is 1.93. The molecule has 21 heavy (non-hydrogen) atoms. The van der Waals surface area contributed by atoms with Gasteiger partial charge in [-0.1, -0.05) is 32.9 Å². The molecule has 0 spiro atoms. The lowest BCUT2D eigenvalue weighted by atomic mass is 9.87. The number of hydrogen-bond donors (Lipinski definition) is 0. The number of pyridine rings is 1. The molecule has 1 aromatic carbocycles. The molecule has 0 atom stereocenters. The van der Waals surface area contributed by atoms with Crippen molar-refractivity contribution < 1.29 is 28.5 Å². The van der Waals surface area contributed by atoms with Gasteiger partial charge in [0.15, 0.2) is 12.4 Å². The third-order valence-corrected chi connectivity index (χ3v) is 4.44. The van der Waals surface area contributed by atoms with Crippen LogP contribution in [-0.2, 0) is 18.9 Å². The molecule has 0 aliphatic rings. The van der Waals surface area contributed by atoms with E-state index in [1.54, 1.807) is 0 Å². The van der Waals surface area contributed by atoms with Crippen LogP contribution in [0.25, 0.3) is 0 Å². The number of halogens is 1. The second-order valence-electron chi connectivity index (χ2n) is 6.24. The quantitative estimate of drug-likeness (QED) is 0.413. The van der Waals surface area contributed by atoms with Gasteiger partial charge in [0.2, 0.25) is 0 Å². The van der Waals surface area contributed by atoms with E-state index in [-0.39, 0.29) is 29.4 Å². The normalized spacial score (nSPS) is 11.0. The van der Waals surface area contributed by atoms with Crippen molar-refractivity contribution in [2.45, 2.75) is 37.5 Å². The molecule has 1 heterocycles. The average molecular weight is 413 g/mol. The van der Waals surface area contributed by atoms with Gasteiger partial charge in [-0.2, -0.15) is 0 Å². The van der Waals surface area contributed by atoms with Gasteiger partial charge in [0, 0.05) is 22.8 Å². The van der Waals surface area contributed by atoms with E-state index in [4.69, 9.17) is 0 Å². The van der Waals surface area contributed by atoms with Crippen molar-refractivity contribution in [1.82, 2.24) is 0 Å². The summed E-state index contributed by atoms with van der Waals surface area (Å²) in [7, 11) is 2.05. The summed E-state index contributed by atoms with van der Waals surface area (Å²) in [5.74, 6) is 1.13. The molecule has 2 aromatic rings. The summed E-state index contributed by atoms with van der Waals surface area (Å²) in [5, 5.41) is 0. The molecular formula is C18H24INS. The maximum Gasteiger partial charge on any atom is 0.168 e. The molecular weight excluding hydrogens is 389 g/mol. The first-order chi connectivity index (χ1) is 9.45. The third-order valence-electron chi connectivity index (χ3n) is 3.43. The zero-order chi connectivity index (χ0) is 14.6. The highest BCUT2D eigenvalue weighted by Gasteiger charge is 2.12. The monoisotopic (exact) mass is 413 g/mol. The first-order valence-corrected chi connectivity index (χ1v) is 8.11. The first kappa shape index (κ1) is 18.5. The van der Waals surface area contributed by atoms with Crippen molar-refractivity contribution in [2.75, 3.05) is 5.75 Å². The summed E-state index contributed by atoms with van der Waals surface area (Å²) < 4.78 is 2.07. The van der Waals surface area contributed by atoms with E-state index in [0.29, 0.717) is 0 Å². The Bertz CT molecular complexity index is 541. The number of aromatic nitrogens is 1. The molecule has 1 aromatic heterocycles. The first-order valence-electron chi connectivity index (χ1n) is 7.13. The molecule has 0 N–H and O–H groups in total. The summed E-state index contributed by atoms with van der Waals surface area (Å²) in [5.41, 5.74) is 3.04. The molecule has 0 amide bonds. The maximum atomic E-state index is 2.25. The third kappa shape index (κ3) is 5.99. The highest BCUT2D eigenvalue weighted by Crippen LogP contribution is 2.25. The van der Waals surface area contributed by atoms with E-state index in [9.17, 15) is 0 Å². The molecule has 0 aliphatic heterocycles. The van der Waals surface area contributed by atoms with Gasteiger partial charge >= 0.3 is 0 Å². The summed E-state index contributed by atoms with van der Waals surface area (Å²) in [6.45, 7) is 6.76. The van der Waals surface area contributed by atoms with Gasteiger partial charge < -0.3 is 24.0 Å². The van der Waals surface area contributed by atoms with Crippen molar-refractivity contribution in [3.63, 3.8) is 0 Å². The fraction of sp³-hybridized carbons (Fsp3) is 0.389. The number of thioether (sulfide) groups is 1. The van der Waals surface area contributed by atoms with E-state index in [0.717, 1.165) is 12.2 Å². The van der Waals surface area contributed by atoms with Crippen molar-refractivity contribution in [3.8, 4) is 0 Å². The van der Waals surface area contributed by atoms with Crippen LogP contribution in [-0.4, -0.2) is 5.75 Å². The molecule has 0 saturated carbocycles. The van der Waals surface area contributed by atoms with Crippen LogP contribution in [0.1, 0.15) is 31.9 Å². The van der Waals surface area contributed by atoms with Crippen LogP contribution in [0.15, 0.2) is 53.7 Å². The highest BCUT2D eigenvalue weighted by atomic mass is 127. The van der Waals surface area contributed by atoms with Crippen LogP contribution in [0.4, 0.5) is 0 Å². The molecule has 114 valence electrons. The zero-order valence-corrected chi connectivity index (χ0v) is 16.2. The van der Waals surface area contributed by atoms with E-state index < -0.39 is 0 Å². The Morgan fingerprint density at radius 3 is 2.05 bits per heavy atom. The van der Waals surface area contributed by atoms with Crippen LogP contribution in [0.3, 0.4) is 0 Å². The van der Waals surface area contributed by atoms with E-state index in [1.807, 2.05) is 11.8 Å². The predicted molar refractivity (Wildman–Crippen MR) is 87.2 cm³/mol. The van der Waals surface area contributed by atoms with Crippen LogP contribution < -0.4 is 28.5 Å². The van der Waals surface area contributed by atoms with Gasteiger partial charge in [0.1, 0.15) is 7.05 Å². The Labute approximate surface area is 150 Å². The molecule has 1 nitrogen and oxygen atoms in total. The predicted octanol–water partition coefficient (Wildman–Crippen LogP) is 1.15. The highest BCUT2D eigenvalue weighted by molar-refractivity contribution is 7.99. The van der Waals surface area contributed by atoms with Crippen molar-refractivity contribution in [2.24, 2.45) is 7.05 Å². The Kier molecular flexibility index (Phi) is 7.21. The van der Waals surface area contributed by atoms with Crippen molar-refractivity contribution in [1.29, 1.82) is 0 Å². The summed E-state index contributed by atoms with van der Waals surface area (Å²) in [6, 6.07) is 13.4. The minimum Gasteiger partial charge on any atom is -1.00 e. The van der Waals surface area contributed by atoms with Gasteiger partial charge in [0.25, 0.3) is 0 Å². The minimum atomic E-state index is 0.